The van der Waals surface area contributed by atoms with Crippen molar-refractivity contribution in [2.45, 2.75) is 32.2 Å². The maximum Gasteiger partial charge on any atom is 0.417 e. The van der Waals surface area contributed by atoms with Crippen LogP contribution in [0.2, 0.25) is 0 Å². The third-order valence-electron chi connectivity index (χ3n) is 5.66. The van der Waals surface area contributed by atoms with Crippen molar-refractivity contribution >= 4 is 17.4 Å². The molecule has 1 amide bonds. The first-order valence-electron chi connectivity index (χ1n) is 11.0. The SMILES string of the molecule is CC1CN(c2ccc(NC(=O)c3cc(-c4ccccc4)c(C(F)(F)F)cc3C#N)cn2)CC(C)O1. The maximum absolute atomic E-state index is 13.7. The van der Waals surface area contributed by atoms with Crippen molar-refractivity contribution in [2.24, 2.45) is 0 Å². The Hall–Kier alpha value is -3.90. The quantitative estimate of drug-likeness (QED) is 0.533. The molecule has 1 N–H and O–H groups in total. The van der Waals surface area contributed by atoms with Crippen molar-refractivity contribution < 1.29 is 22.7 Å². The number of nitriles is 1. The predicted octanol–water partition coefficient (Wildman–Crippen LogP) is 5.50. The first kappa shape index (κ1) is 24.2. The van der Waals surface area contributed by atoms with Crippen LogP contribution in [0.1, 0.15) is 35.3 Å². The molecule has 0 saturated carbocycles. The normalized spacial score (nSPS) is 18.1. The third kappa shape index (κ3) is 5.44. The highest BCUT2D eigenvalue weighted by molar-refractivity contribution is 6.06. The molecule has 1 fully saturated rings. The van der Waals surface area contributed by atoms with E-state index >= 15 is 0 Å². The molecule has 0 radical (unpaired) electrons. The Morgan fingerprint density at radius 1 is 1.11 bits per heavy atom. The zero-order chi connectivity index (χ0) is 25.2. The fourth-order valence-electron chi connectivity index (χ4n) is 4.18. The number of rotatable bonds is 4. The van der Waals surface area contributed by atoms with Gasteiger partial charge in [-0.25, -0.2) is 4.98 Å². The van der Waals surface area contributed by atoms with Crippen molar-refractivity contribution in [2.75, 3.05) is 23.3 Å². The van der Waals surface area contributed by atoms with E-state index in [1.165, 1.54) is 18.3 Å². The molecule has 9 heteroatoms. The summed E-state index contributed by atoms with van der Waals surface area (Å²) in [4.78, 5) is 19.5. The van der Waals surface area contributed by atoms with Gasteiger partial charge in [-0.15, -0.1) is 0 Å². The molecule has 4 rings (SSSR count). The van der Waals surface area contributed by atoms with Crippen LogP contribution in [0.5, 0.6) is 0 Å². The summed E-state index contributed by atoms with van der Waals surface area (Å²) < 4.78 is 47.0. The van der Waals surface area contributed by atoms with E-state index in [0.717, 1.165) is 18.0 Å². The smallest absolute Gasteiger partial charge is 0.372 e. The predicted molar refractivity (Wildman–Crippen MR) is 126 cm³/mol. The average Bonchev–Trinajstić information content (AvgIpc) is 2.83. The number of aromatic nitrogens is 1. The van der Waals surface area contributed by atoms with Gasteiger partial charge in [0.25, 0.3) is 5.91 Å². The second-order valence-electron chi connectivity index (χ2n) is 8.44. The van der Waals surface area contributed by atoms with Crippen LogP contribution in [0.15, 0.2) is 60.8 Å². The molecule has 6 nitrogen and oxygen atoms in total. The van der Waals surface area contributed by atoms with Crippen molar-refractivity contribution in [3.63, 3.8) is 0 Å². The molecule has 2 unspecified atom stereocenters. The number of morpholine rings is 1. The Labute approximate surface area is 201 Å². The first-order valence-corrected chi connectivity index (χ1v) is 11.0. The van der Waals surface area contributed by atoms with Crippen LogP contribution in [0, 0.1) is 11.3 Å². The number of hydrogen-bond donors (Lipinski definition) is 1. The minimum atomic E-state index is -4.69. The Kier molecular flexibility index (Phi) is 6.76. The lowest BCUT2D eigenvalue weighted by Gasteiger charge is -2.36. The number of halogens is 3. The van der Waals surface area contributed by atoms with E-state index in [-0.39, 0.29) is 28.9 Å². The Morgan fingerprint density at radius 2 is 1.80 bits per heavy atom. The molecular weight excluding hydrogens is 457 g/mol. The fourth-order valence-corrected chi connectivity index (χ4v) is 4.18. The summed E-state index contributed by atoms with van der Waals surface area (Å²) in [5.41, 5.74) is -1.02. The van der Waals surface area contributed by atoms with Gasteiger partial charge in [0.05, 0.1) is 46.9 Å². The molecule has 1 aliphatic rings. The highest BCUT2D eigenvalue weighted by Gasteiger charge is 2.35. The van der Waals surface area contributed by atoms with Crippen LogP contribution in [0.25, 0.3) is 11.1 Å². The number of carbonyl (C=O) groups is 1. The van der Waals surface area contributed by atoms with E-state index in [2.05, 4.69) is 15.2 Å². The third-order valence-corrected chi connectivity index (χ3v) is 5.66. The van der Waals surface area contributed by atoms with Gasteiger partial charge in [-0.05, 0) is 49.2 Å². The molecule has 0 aliphatic carbocycles. The monoisotopic (exact) mass is 480 g/mol. The van der Waals surface area contributed by atoms with E-state index in [1.54, 1.807) is 36.4 Å². The van der Waals surface area contributed by atoms with Crippen LogP contribution in [0.3, 0.4) is 0 Å². The number of amides is 1. The molecule has 0 spiro atoms. The summed E-state index contributed by atoms with van der Waals surface area (Å²) in [6, 6.07) is 14.9. The number of hydrogen-bond acceptors (Lipinski definition) is 5. The topological polar surface area (TPSA) is 78.3 Å². The lowest BCUT2D eigenvalue weighted by molar-refractivity contribution is -0.137. The first-order chi connectivity index (χ1) is 16.7. The van der Waals surface area contributed by atoms with Gasteiger partial charge >= 0.3 is 6.18 Å². The van der Waals surface area contributed by atoms with Gasteiger partial charge in [0, 0.05) is 13.1 Å². The number of anilines is 2. The Balaban J connectivity index is 1.62. The van der Waals surface area contributed by atoms with E-state index in [4.69, 9.17) is 4.74 Å². The minimum absolute atomic E-state index is 0.0582. The number of nitrogens with one attached hydrogen (secondary N) is 1. The van der Waals surface area contributed by atoms with E-state index in [1.807, 2.05) is 13.8 Å². The molecule has 1 saturated heterocycles. The van der Waals surface area contributed by atoms with Gasteiger partial charge in [-0.1, -0.05) is 30.3 Å². The lowest BCUT2D eigenvalue weighted by atomic mass is 9.93. The van der Waals surface area contributed by atoms with Gasteiger partial charge < -0.3 is 15.0 Å². The van der Waals surface area contributed by atoms with Crippen LogP contribution < -0.4 is 10.2 Å². The number of pyridine rings is 1. The molecule has 1 aromatic heterocycles. The second kappa shape index (κ2) is 9.76. The van der Waals surface area contributed by atoms with Gasteiger partial charge in [-0.3, -0.25) is 4.79 Å². The summed E-state index contributed by atoms with van der Waals surface area (Å²) in [5.74, 6) is 0.0271. The van der Waals surface area contributed by atoms with E-state index < -0.39 is 17.6 Å². The molecular formula is C26H23F3N4O2. The van der Waals surface area contributed by atoms with Crippen molar-refractivity contribution in [3.8, 4) is 17.2 Å². The number of ether oxygens (including phenoxy) is 1. The van der Waals surface area contributed by atoms with Crippen molar-refractivity contribution in [1.29, 1.82) is 5.26 Å². The minimum Gasteiger partial charge on any atom is -0.372 e. The standard InChI is InChI=1S/C26H23F3N4O2/c1-16-14-33(15-17(2)35-16)24-9-8-20(13-31-24)32-25(34)22-11-21(18-6-4-3-5-7-18)23(26(27,28)29)10-19(22)12-30/h3-11,13,16-17H,14-15H2,1-2H3,(H,32,34). The average molecular weight is 480 g/mol. The van der Waals surface area contributed by atoms with Gasteiger partial charge in [0.1, 0.15) is 5.82 Å². The molecule has 3 aromatic rings. The second-order valence-corrected chi connectivity index (χ2v) is 8.44. The maximum atomic E-state index is 13.7. The molecule has 2 heterocycles. The number of nitrogens with zero attached hydrogens (tertiary/aromatic N) is 3. The summed E-state index contributed by atoms with van der Waals surface area (Å²) in [6.45, 7) is 5.33. The molecule has 0 bridgehead atoms. The Bertz CT molecular complexity index is 1240. The van der Waals surface area contributed by atoms with Gasteiger partial charge in [0.15, 0.2) is 0 Å². The van der Waals surface area contributed by atoms with Crippen molar-refractivity contribution in [3.05, 3.63) is 77.5 Å². The lowest BCUT2D eigenvalue weighted by Crippen LogP contribution is -2.45. The summed E-state index contributed by atoms with van der Waals surface area (Å²) in [6.07, 6.45) is -3.10. The highest BCUT2D eigenvalue weighted by Crippen LogP contribution is 2.39. The Morgan fingerprint density at radius 3 is 2.37 bits per heavy atom. The summed E-state index contributed by atoms with van der Waals surface area (Å²) in [5, 5.41) is 12.1. The van der Waals surface area contributed by atoms with Crippen molar-refractivity contribution in [1.82, 2.24) is 4.98 Å². The largest absolute Gasteiger partial charge is 0.417 e. The zero-order valence-electron chi connectivity index (χ0n) is 19.1. The summed E-state index contributed by atoms with van der Waals surface area (Å²) >= 11 is 0. The molecule has 1 aliphatic heterocycles. The molecule has 2 atom stereocenters. The van der Waals surface area contributed by atoms with E-state index in [9.17, 15) is 23.2 Å². The highest BCUT2D eigenvalue weighted by atomic mass is 19.4. The zero-order valence-corrected chi connectivity index (χ0v) is 19.1. The number of carbonyl (C=O) groups excluding carboxylic acids is 1. The number of alkyl halides is 3. The van der Waals surface area contributed by atoms with E-state index in [0.29, 0.717) is 24.3 Å². The van der Waals surface area contributed by atoms with Crippen LogP contribution in [0.4, 0.5) is 24.7 Å². The van der Waals surface area contributed by atoms with Crippen LogP contribution in [-0.4, -0.2) is 36.2 Å². The molecule has 2 aromatic carbocycles. The fraction of sp³-hybridized carbons (Fsp3) is 0.269. The molecule has 35 heavy (non-hydrogen) atoms. The number of benzene rings is 2. The van der Waals surface area contributed by atoms with Crippen LogP contribution >= 0.6 is 0 Å². The molecule has 180 valence electrons. The van der Waals surface area contributed by atoms with Crippen LogP contribution in [-0.2, 0) is 10.9 Å². The van der Waals surface area contributed by atoms with Gasteiger partial charge in [-0.2, -0.15) is 18.4 Å². The van der Waals surface area contributed by atoms with Gasteiger partial charge in [0.2, 0.25) is 0 Å². The summed E-state index contributed by atoms with van der Waals surface area (Å²) in [7, 11) is 0.